The Balaban J connectivity index is 3.40. The van der Waals surface area contributed by atoms with Gasteiger partial charge < -0.3 is 9.87 Å². The van der Waals surface area contributed by atoms with Crippen LogP contribution in [-0.4, -0.2) is 26.5 Å². The van der Waals surface area contributed by atoms with E-state index in [1.54, 1.807) is 0 Å². The van der Waals surface area contributed by atoms with Crippen LogP contribution in [0.1, 0.15) is 20.3 Å². The van der Waals surface area contributed by atoms with E-state index in [1.165, 1.54) is 0 Å². The average molecular weight is 178 g/mol. The molecule has 0 amide bonds. The minimum Gasteiger partial charge on any atom is -0.766 e. The minimum absolute atomic E-state index is 0.0499. The van der Waals surface area contributed by atoms with Crippen molar-refractivity contribution in [3.8, 4) is 0 Å². The lowest BCUT2D eigenvalue weighted by Gasteiger charge is -2.07. The van der Waals surface area contributed by atoms with Gasteiger partial charge in [0.05, 0.1) is 0 Å². The Hall–Kier alpha value is -0.260. The predicted molar refractivity (Wildman–Crippen MR) is 41.7 cm³/mol. The fourth-order valence-corrected chi connectivity index (χ4v) is 0.815. The topological polar surface area (TPSA) is 69.2 Å². The van der Waals surface area contributed by atoms with Crippen molar-refractivity contribution in [2.45, 2.75) is 26.3 Å². The van der Waals surface area contributed by atoms with Crippen LogP contribution in [-0.2, 0) is 15.9 Å². The minimum atomic E-state index is -2.55. The normalized spacial score (nSPS) is 13.5. The second-order valence-corrected chi connectivity index (χ2v) is 3.39. The van der Waals surface area contributed by atoms with Gasteiger partial charge in [-0.15, -0.1) is 0 Å². The van der Waals surface area contributed by atoms with Crippen LogP contribution in [0, 0.1) is 0 Å². The number of nitrogens with one attached hydrogen (secondary N) is 1. The zero-order valence-corrected chi connectivity index (χ0v) is 7.44. The lowest BCUT2D eigenvalue weighted by atomic mass is 10.3. The maximum atomic E-state index is 10.5. The first-order valence-corrected chi connectivity index (χ1v) is 4.47. The van der Waals surface area contributed by atoms with E-state index in [9.17, 15) is 13.6 Å². The molecule has 0 saturated heterocycles. The molecule has 4 nitrogen and oxygen atoms in total. The van der Waals surface area contributed by atoms with Crippen LogP contribution in [0.15, 0.2) is 0 Å². The van der Waals surface area contributed by atoms with E-state index in [0.717, 1.165) is 0 Å². The van der Waals surface area contributed by atoms with E-state index >= 15 is 0 Å². The fourth-order valence-electron chi connectivity index (χ4n) is 0.546. The van der Waals surface area contributed by atoms with Crippen molar-refractivity contribution in [3.05, 3.63) is 0 Å². The lowest BCUT2D eigenvalue weighted by molar-refractivity contribution is -0.111. The van der Waals surface area contributed by atoms with Crippen LogP contribution in [0.5, 0.6) is 0 Å². The molecule has 11 heavy (non-hydrogen) atoms. The monoisotopic (exact) mass is 178 g/mol. The molecule has 0 aliphatic heterocycles. The third kappa shape index (κ3) is 6.15. The molecular formula is C6H12NO3S-. The third-order valence-corrected chi connectivity index (χ3v) is 1.64. The first-order valence-electron chi connectivity index (χ1n) is 3.39. The molecule has 5 heteroatoms. The molecular weight excluding hydrogens is 166 g/mol. The third-order valence-electron chi connectivity index (χ3n) is 1.07. The second-order valence-electron chi connectivity index (χ2n) is 2.47. The van der Waals surface area contributed by atoms with Crippen LogP contribution < -0.4 is 5.32 Å². The van der Waals surface area contributed by atoms with E-state index in [1.807, 2.05) is 13.8 Å². The molecule has 0 radical (unpaired) electrons. The first-order chi connectivity index (χ1) is 5.04. The van der Waals surface area contributed by atoms with Crippen molar-refractivity contribution < 1.29 is 13.6 Å². The highest BCUT2D eigenvalue weighted by Crippen LogP contribution is 1.86. The Morgan fingerprint density at radius 3 is 2.55 bits per heavy atom. The number of carbonyl (C=O) groups is 1. The van der Waals surface area contributed by atoms with Gasteiger partial charge in [0.1, 0.15) is 0 Å². The summed E-state index contributed by atoms with van der Waals surface area (Å²) in [5.74, 6) is 0. The highest BCUT2D eigenvalue weighted by molar-refractivity contribution is 7.95. The number of hydrogen-bond donors (Lipinski definition) is 1. The lowest BCUT2D eigenvalue weighted by Crippen LogP contribution is -2.26. The largest absolute Gasteiger partial charge is 0.766 e. The van der Waals surface area contributed by atoms with Crippen molar-refractivity contribution in [2.24, 2.45) is 0 Å². The molecule has 0 aliphatic carbocycles. The molecule has 0 aliphatic rings. The van der Waals surface area contributed by atoms with Gasteiger partial charge in [-0.1, -0.05) is 13.8 Å². The van der Waals surface area contributed by atoms with Crippen LogP contribution in [0.2, 0.25) is 0 Å². The van der Waals surface area contributed by atoms with Gasteiger partial charge in [0.25, 0.3) is 0 Å². The van der Waals surface area contributed by atoms with Gasteiger partial charge in [0, 0.05) is 30.1 Å². The summed E-state index contributed by atoms with van der Waals surface area (Å²) in [5, 5.41) is 2.20. The smallest absolute Gasteiger partial charge is 0.206 e. The van der Waals surface area contributed by atoms with E-state index in [2.05, 4.69) is 5.32 Å². The standard InChI is InChI=1S/C6H13NO3S/c1-5(2)7-4-3-6(8)11(9)10/h5,7H,3-4H2,1-2H3,(H,9,10)/p-1. The van der Waals surface area contributed by atoms with Gasteiger partial charge in [-0.2, -0.15) is 0 Å². The summed E-state index contributed by atoms with van der Waals surface area (Å²) < 4.78 is 20.0. The Labute approximate surface area is 68.7 Å². The second kappa shape index (κ2) is 5.40. The molecule has 0 heterocycles. The van der Waals surface area contributed by atoms with E-state index in [4.69, 9.17) is 0 Å². The Morgan fingerprint density at radius 1 is 1.64 bits per heavy atom. The molecule has 0 aromatic heterocycles. The van der Waals surface area contributed by atoms with Crippen molar-refractivity contribution in [3.63, 3.8) is 0 Å². The highest BCUT2D eigenvalue weighted by atomic mass is 32.2. The Kier molecular flexibility index (Phi) is 5.27. The van der Waals surface area contributed by atoms with Gasteiger partial charge in [0.15, 0.2) is 0 Å². The van der Waals surface area contributed by atoms with Gasteiger partial charge in [-0.25, -0.2) is 0 Å². The molecule has 0 bridgehead atoms. The zero-order chi connectivity index (χ0) is 8.85. The average Bonchev–Trinajstić information content (AvgIpc) is 1.86. The van der Waals surface area contributed by atoms with E-state index in [-0.39, 0.29) is 12.5 Å². The highest BCUT2D eigenvalue weighted by Gasteiger charge is 2.00. The quantitative estimate of drug-likeness (QED) is 0.604. The number of carbonyl (C=O) groups excluding carboxylic acids is 1. The summed E-state index contributed by atoms with van der Waals surface area (Å²) in [6, 6.07) is 0.280. The molecule has 0 aromatic rings. The molecule has 66 valence electrons. The van der Waals surface area contributed by atoms with Crippen LogP contribution in [0.4, 0.5) is 0 Å². The van der Waals surface area contributed by atoms with Crippen molar-refractivity contribution >= 4 is 16.2 Å². The van der Waals surface area contributed by atoms with E-state index in [0.29, 0.717) is 6.54 Å². The summed E-state index contributed by atoms with van der Waals surface area (Å²) in [5.41, 5.74) is 0. The summed E-state index contributed by atoms with van der Waals surface area (Å²) in [4.78, 5) is 10.5. The van der Waals surface area contributed by atoms with Gasteiger partial charge in [-0.3, -0.25) is 9.00 Å². The molecule has 0 saturated carbocycles. The van der Waals surface area contributed by atoms with Gasteiger partial charge >= 0.3 is 0 Å². The van der Waals surface area contributed by atoms with Crippen LogP contribution >= 0.6 is 0 Å². The zero-order valence-electron chi connectivity index (χ0n) is 6.62. The fraction of sp³-hybridized carbons (Fsp3) is 0.833. The van der Waals surface area contributed by atoms with Crippen LogP contribution in [0.25, 0.3) is 0 Å². The predicted octanol–water partition coefficient (Wildman–Crippen LogP) is -0.220. The number of hydrogen-bond acceptors (Lipinski definition) is 4. The number of rotatable bonds is 4. The Bertz CT molecular complexity index is 158. The molecule has 0 rings (SSSR count). The van der Waals surface area contributed by atoms with Crippen molar-refractivity contribution in [2.75, 3.05) is 6.54 Å². The van der Waals surface area contributed by atoms with Gasteiger partial charge in [-0.05, 0) is 0 Å². The molecule has 0 aromatic carbocycles. The molecule has 0 spiro atoms. The molecule has 1 unspecified atom stereocenters. The molecule has 0 fully saturated rings. The SMILES string of the molecule is CC(C)NCCC(=O)S(=O)[O-]. The molecule has 1 atom stereocenters. The summed E-state index contributed by atoms with van der Waals surface area (Å²) in [7, 11) is 0. The maximum absolute atomic E-state index is 10.5. The first kappa shape index (κ1) is 10.7. The van der Waals surface area contributed by atoms with Crippen molar-refractivity contribution in [1.29, 1.82) is 0 Å². The summed E-state index contributed by atoms with van der Waals surface area (Å²) in [6.07, 6.45) is 0.0499. The van der Waals surface area contributed by atoms with E-state index < -0.39 is 16.2 Å². The summed E-state index contributed by atoms with van der Waals surface area (Å²) >= 11 is -2.55. The van der Waals surface area contributed by atoms with Crippen LogP contribution in [0.3, 0.4) is 0 Å². The molecule has 1 N–H and O–H groups in total. The Morgan fingerprint density at radius 2 is 2.18 bits per heavy atom. The van der Waals surface area contributed by atoms with Crippen molar-refractivity contribution in [1.82, 2.24) is 5.32 Å². The summed E-state index contributed by atoms with van der Waals surface area (Å²) in [6.45, 7) is 4.28. The maximum Gasteiger partial charge on any atom is 0.206 e. The van der Waals surface area contributed by atoms with Gasteiger partial charge in [0.2, 0.25) is 5.12 Å².